The van der Waals surface area contributed by atoms with Crippen molar-refractivity contribution in [3.8, 4) is 37.0 Å². The van der Waals surface area contributed by atoms with Gasteiger partial charge < -0.3 is 74.7 Å². The van der Waals surface area contributed by atoms with E-state index < -0.39 is 34.9 Å². The first-order valence-electron chi connectivity index (χ1n) is 22.5. The van der Waals surface area contributed by atoms with Crippen molar-refractivity contribution in [1.82, 2.24) is 35.9 Å². The third kappa shape index (κ3) is 25.1. The average Bonchev–Trinajstić information content (AvgIpc) is 3.35. The van der Waals surface area contributed by atoms with Crippen LogP contribution in [0.15, 0.2) is 35.3 Å². The predicted molar refractivity (Wildman–Crippen MR) is 257 cm³/mol. The second-order valence-corrected chi connectivity index (χ2v) is 15.0. The Morgan fingerprint density at radius 1 is 0.704 bits per heavy atom. The van der Waals surface area contributed by atoms with Crippen LogP contribution in [0, 0.1) is 37.0 Å². The first kappa shape index (κ1) is 58.6. The highest BCUT2D eigenvalue weighted by atomic mass is 16.6. The second-order valence-electron chi connectivity index (χ2n) is 15.0. The fourth-order valence-corrected chi connectivity index (χ4v) is 5.99. The Morgan fingerprint density at radius 3 is 1.75 bits per heavy atom. The first-order chi connectivity index (χ1) is 34.5. The Hall–Kier alpha value is -6.76. The van der Waals surface area contributed by atoms with Gasteiger partial charge in [0.05, 0.1) is 118 Å². The number of H-pyrrole nitrogens is 1. The molecule has 386 valence electrons. The van der Waals surface area contributed by atoms with Crippen molar-refractivity contribution in [2.45, 2.75) is 37.4 Å². The van der Waals surface area contributed by atoms with Gasteiger partial charge in [-0.1, -0.05) is 17.8 Å². The molecule has 24 nitrogen and oxygen atoms in total. The van der Waals surface area contributed by atoms with Gasteiger partial charge in [-0.15, -0.1) is 19.3 Å². The molecule has 2 aromatic heterocycles. The number of nitrogens with zero attached hydrogens (tertiary/aromatic N) is 3. The molecule has 0 saturated heterocycles. The van der Waals surface area contributed by atoms with Crippen LogP contribution in [0.25, 0.3) is 11.2 Å². The van der Waals surface area contributed by atoms with Crippen LogP contribution in [-0.4, -0.2) is 186 Å². The Balaban J connectivity index is 1.12. The van der Waals surface area contributed by atoms with Gasteiger partial charge in [-0.2, -0.15) is 4.98 Å². The quantitative estimate of drug-likeness (QED) is 0.0273. The summed E-state index contributed by atoms with van der Waals surface area (Å²) in [6, 6.07) is 4.97. The number of fused-ring (bicyclic) bond motifs is 1. The number of rotatable bonds is 40. The van der Waals surface area contributed by atoms with Crippen molar-refractivity contribution in [2.75, 3.05) is 137 Å². The summed E-state index contributed by atoms with van der Waals surface area (Å²) in [5.74, 6) is 4.45. The van der Waals surface area contributed by atoms with Crippen LogP contribution in [0.4, 0.5) is 11.6 Å². The number of aromatic nitrogens is 4. The summed E-state index contributed by atoms with van der Waals surface area (Å²) < 4.78 is 49.4. The Bertz CT molecular complexity index is 2210. The number of nitrogens with two attached hydrogens (primary N) is 1. The molecule has 2 heterocycles. The molecule has 8 N–H and O–H groups in total. The number of nitrogens with one attached hydrogen (secondary N) is 5. The number of hydrogen-bond acceptors (Lipinski definition) is 19. The fraction of sp³-hybridized carbons (Fsp3) is 0.532. The number of aliphatic carboxylic acids is 1. The Morgan fingerprint density at radius 2 is 1.23 bits per heavy atom. The van der Waals surface area contributed by atoms with E-state index in [2.05, 4.69) is 59.0 Å². The zero-order valence-electron chi connectivity index (χ0n) is 39.5. The van der Waals surface area contributed by atoms with Crippen LogP contribution < -0.4 is 32.6 Å². The maximum atomic E-state index is 12.8. The van der Waals surface area contributed by atoms with Crippen molar-refractivity contribution in [1.29, 1.82) is 0 Å². The van der Waals surface area contributed by atoms with E-state index in [9.17, 15) is 29.1 Å². The van der Waals surface area contributed by atoms with Crippen LogP contribution in [0.2, 0.25) is 0 Å². The van der Waals surface area contributed by atoms with Crippen molar-refractivity contribution >= 4 is 46.5 Å². The minimum atomic E-state index is -1.30. The SMILES string of the molecule is C#CCOCC(COCC#C)(COCC#C)NC(=O)CCOCCOCCOCCOCCOCCOCCNC(=O)CCC(NC(=O)c1ccc(NCc2cnc3nc(N)[nH]c(=O)c3n2)cc1)C(=O)O. The molecule has 0 aliphatic rings. The lowest BCUT2D eigenvalue weighted by molar-refractivity contribution is -0.139. The standard InChI is InChI=1S/C47H63N9O15/c1-4-15-69-32-47(33-70-16-5-2,34-71-17-6-3)56-40(58)13-18-63-20-22-65-24-26-67-28-29-68-27-25-66-23-21-64-19-14-49-39(57)12-11-38(45(61)62)53-43(59)35-7-9-36(10-8-35)50-30-37-31-51-42-41(52-37)44(60)55-46(48)54-42/h1-3,7-10,31,38,50H,11-30,32-34H2,(H,49,57)(H,53,59)(H,56,58)(H,61,62)(H3,48,51,54,55,60). The van der Waals surface area contributed by atoms with Crippen LogP contribution in [0.3, 0.4) is 0 Å². The minimum Gasteiger partial charge on any atom is -0.480 e. The fourth-order valence-electron chi connectivity index (χ4n) is 5.99. The molecule has 0 radical (unpaired) electrons. The van der Waals surface area contributed by atoms with Gasteiger partial charge in [0.1, 0.15) is 31.4 Å². The van der Waals surface area contributed by atoms with E-state index in [0.717, 1.165) is 0 Å². The van der Waals surface area contributed by atoms with Gasteiger partial charge >= 0.3 is 5.97 Å². The zero-order chi connectivity index (χ0) is 51.4. The van der Waals surface area contributed by atoms with E-state index in [0.29, 0.717) is 64.2 Å². The molecule has 0 aliphatic carbocycles. The molecule has 1 unspecified atom stereocenters. The molecule has 71 heavy (non-hydrogen) atoms. The Labute approximate surface area is 411 Å². The van der Waals surface area contributed by atoms with Crippen LogP contribution in [0.5, 0.6) is 0 Å². The normalized spacial score (nSPS) is 11.5. The summed E-state index contributed by atoms with van der Waals surface area (Å²) in [4.78, 5) is 76.5. The number of ether oxygens (including phenoxy) is 9. The topological polar surface area (TPSA) is 317 Å². The molecule has 24 heteroatoms. The maximum absolute atomic E-state index is 12.8. The van der Waals surface area contributed by atoms with E-state index >= 15 is 0 Å². The Kier molecular flexibility index (Phi) is 29.2. The molecule has 0 bridgehead atoms. The summed E-state index contributed by atoms with van der Waals surface area (Å²) in [7, 11) is 0. The number of nitrogen functional groups attached to an aromatic ring is 1. The smallest absolute Gasteiger partial charge is 0.326 e. The first-order valence-corrected chi connectivity index (χ1v) is 22.5. The molecular weight excluding hydrogens is 931 g/mol. The van der Waals surface area contributed by atoms with Gasteiger partial charge in [0.25, 0.3) is 11.5 Å². The van der Waals surface area contributed by atoms with Gasteiger partial charge in [0.15, 0.2) is 11.2 Å². The summed E-state index contributed by atoms with van der Waals surface area (Å²) in [5, 5.41) is 20.8. The zero-order valence-corrected chi connectivity index (χ0v) is 39.5. The number of amides is 3. The highest BCUT2D eigenvalue weighted by Crippen LogP contribution is 2.13. The van der Waals surface area contributed by atoms with Gasteiger partial charge in [-0.25, -0.2) is 14.8 Å². The molecule has 0 fully saturated rings. The van der Waals surface area contributed by atoms with Crippen LogP contribution in [-0.2, 0) is 63.6 Å². The summed E-state index contributed by atoms with van der Waals surface area (Å²) in [5.41, 5.74) is 5.44. The van der Waals surface area contributed by atoms with E-state index in [-0.39, 0.29) is 127 Å². The number of benzene rings is 1. The van der Waals surface area contributed by atoms with E-state index in [4.69, 9.17) is 67.6 Å². The molecule has 3 amide bonds. The lowest BCUT2D eigenvalue weighted by Gasteiger charge is -2.33. The number of anilines is 2. The minimum absolute atomic E-state index is 0.0229. The number of carbonyl (C=O) groups excluding carboxylic acids is 3. The summed E-state index contributed by atoms with van der Waals surface area (Å²) in [6.07, 6.45) is 17.1. The van der Waals surface area contributed by atoms with Crippen molar-refractivity contribution in [3.05, 3.63) is 52.1 Å². The highest BCUT2D eigenvalue weighted by molar-refractivity contribution is 5.97. The number of carboxylic acid groups (broad SMARTS) is 1. The average molecular weight is 994 g/mol. The summed E-state index contributed by atoms with van der Waals surface area (Å²) >= 11 is 0. The van der Waals surface area contributed by atoms with Crippen LogP contribution in [0.1, 0.15) is 35.3 Å². The number of carbonyl (C=O) groups is 4. The maximum Gasteiger partial charge on any atom is 0.326 e. The van der Waals surface area contributed by atoms with Crippen molar-refractivity contribution < 1.29 is 66.9 Å². The molecule has 0 aliphatic heterocycles. The second kappa shape index (κ2) is 35.4. The van der Waals surface area contributed by atoms with E-state index in [1.165, 1.54) is 18.3 Å². The molecule has 1 aromatic carbocycles. The molecule has 3 aromatic rings. The number of aromatic amines is 1. The van der Waals surface area contributed by atoms with Crippen LogP contribution >= 0.6 is 0 Å². The highest BCUT2D eigenvalue weighted by Gasteiger charge is 2.33. The predicted octanol–water partition coefficient (Wildman–Crippen LogP) is -0.719. The largest absolute Gasteiger partial charge is 0.480 e. The molecule has 1 atom stereocenters. The molecular formula is C47H63N9O15. The molecule has 3 rings (SSSR count). The third-order valence-electron chi connectivity index (χ3n) is 9.37. The van der Waals surface area contributed by atoms with Gasteiger partial charge in [-0.05, 0) is 30.7 Å². The third-order valence-corrected chi connectivity index (χ3v) is 9.37. The van der Waals surface area contributed by atoms with Crippen molar-refractivity contribution in [2.24, 2.45) is 0 Å². The summed E-state index contributed by atoms with van der Waals surface area (Å²) in [6.45, 7) is 4.30. The number of carboxylic acids is 1. The van der Waals surface area contributed by atoms with Gasteiger partial charge in [0, 0.05) is 30.6 Å². The number of terminal acetylenes is 3. The lowest BCUT2D eigenvalue weighted by Crippen LogP contribution is -2.58. The number of hydrogen-bond donors (Lipinski definition) is 7. The van der Waals surface area contributed by atoms with E-state index in [1.54, 1.807) is 12.1 Å². The molecule has 0 spiro atoms. The van der Waals surface area contributed by atoms with Gasteiger partial charge in [-0.3, -0.25) is 24.2 Å². The van der Waals surface area contributed by atoms with Gasteiger partial charge in [0.2, 0.25) is 17.8 Å². The monoisotopic (exact) mass is 993 g/mol. The van der Waals surface area contributed by atoms with E-state index in [1.807, 2.05) is 0 Å². The van der Waals surface area contributed by atoms with Crippen molar-refractivity contribution in [3.63, 3.8) is 0 Å². The lowest BCUT2D eigenvalue weighted by atomic mass is 10.0. The molecule has 0 saturated carbocycles.